The summed E-state index contributed by atoms with van der Waals surface area (Å²) in [7, 11) is 0. The Balaban J connectivity index is 1.20. The van der Waals surface area contributed by atoms with Gasteiger partial charge in [-0.3, -0.25) is 4.57 Å². The normalized spacial score (nSPS) is 11.5. The Bertz CT molecular complexity index is 3200. The number of fused-ring (bicyclic) bond motifs is 6. The maximum atomic E-state index is 5.27. The van der Waals surface area contributed by atoms with Crippen LogP contribution >= 0.6 is 0 Å². The Morgan fingerprint density at radius 3 is 1.49 bits per heavy atom. The summed E-state index contributed by atoms with van der Waals surface area (Å²) in [5, 5.41) is 7.17. The van der Waals surface area contributed by atoms with Gasteiger partial charge < -0.3 is 0 Å². The summed E-state index contributed by atoms with van der Waals surface area (Å²) >= 11 is 0. The summed E-state index contributed by atoms with van der Waals surface area (Å²) in [5.74, 6) is 1.82. The van der Waals surface area contributed by atoms with Gasteiger partial charge in [-0.15, -0.1) is 0 Å². The second-order valence-corrected chi connectivity index (χ2v) is 14.4. The minimum Gasteiger partial charge on any atom is -0.278 e. The predicted molar refractivity (Wildman–Crippen MR) is 236 cm³/mol. The van der Waals surface area contributed by atoms with Gasteiger partial charge in [0, 0.05) is 21.9 Å². The molecule has 11 rings (SSSR count). The Hall–Kier alpha value is -7.69. The van der Waals surface area contributed by atoms with Gasteiger partial charge in [0.1, 0.15) is 0 Å². The van der Waals surface area contributed by atoms with Crippen LogP contribution in [0.4, 0.5) is 0 Å². The summed E-state index contributed by atoms with van der Waals surface area (Å²) in [4.78, 5) is 15.6. The van der Waals surface area contributed by atoms with Crippen LogP contribution in [-0.4, -0.2) is 19.5 Å². The van der Waals surface area contributed by atoms with Crippen LogP contribution in [0.1, 0.15) is 0 Å². The van der Waals surface area contributed by atoms with E-state index in [9.17, 15) is 0 Å². The fraction of sp³-hybridized carbons (Fsp3) is 0. The number of aromatic nitrogens is 4. The van der Waals surface area contributed by atoms with E-state index >= 15 is 0 Å². The molecule has 0 atom stereocenters. The molecule has 0 fully saturated rings. The topological polar surface area (TPSA) is 43.6 Å². The molecule has 0 amide bonds. The third-order valence-electron chi connectivity index (χ3n) is 11.1. The molecule has 4 heteroatoms. The highest BCUT2D eigenvalue weighted by molar-refractivity contribution is 6.24. The molecule has 11 aromatic rings. The van der Waals surface area contributed by atoms with E-state index in [2.05, 4.69) is 174 Å². The van der Waals surface area contributed by atoms with Crippen LogP contribution in [-0.2, 0) is 0 Å². The van der Waals surface area contributed by atoms with E-state index < -0.39 is 0 Å². The largest absolute Gasteiger partial charge is 0.278 e. The van der Waals surface area contributed by atoms with Gasteiger partial charge in [-0.1, -0.05) is 194 Å². The van der Waals surface area contributed by atoms with E-state index in [4.69, 9.17) is 15.0 Å². The van der Waals surface area contributed by atoms with Crippen molar-refractivity contribution in [3.8, 4) is 62.1 Å². The van der Waals surface area contributed by atoms with Crippen molar-refractivity contribution in [2.45, 2.75) is 0 Å². The van der Waals surface area contributed by atoms with Gasteiger partial charge in [-0.05, 0) is 67.1 Å². The fourth-order valence-corrected chi connectivity index (χ4v) is 8.35. The van der Waals surface area contributed by atoms with Gasteiger partial charge >= 0.3 is 0 Å². The van der Waals surface area contributed by atoms with E-state index in [1.54, 1.807) is 0 Å². The molecule has 0 spiro atoms. The molecule has 0 saturated heterocycles. The van der Waals surface area contributed by atoms with E-state index in [1.165, 1.54) is 38.1 Å². The highest BCUT2D eigenvalue weighted by Gasteiger charge is 2.22. The second kappa shape index (κ2) is 13.6. The Labute approximate surface area is 330 Å². The summed E-state index contributed by atoms with van der Waals surface area (Å²) in [6.45, 7) is 0. The van der Waals surface area contributed by atoms with Crippen LogP contribution in [0, 0.1) is 0 Å². The van der Waals surface area contributed by atoms with Crippen molar-refractivity contribution in [3.63, 3.8) is 0 Å². The molecule has 0 unspecified atom stereocenters. The van der Waals surface area contributed by atoms with Gasteiger partial charge in [0.15, 0.2) is 11.6 Å². The SMILES string of the molecule is c1ccc(-c2ccc3c4c5ccccc5c(-c5ccc(-c6cccc7ccccc67)cc5)cc4n(-c4nc(-c5ccccc5)nc(-c5ccccc5)n4)c3c2)cc1. The van der Waals surface area contributed by atoms with Crippen LogP contribution in [0.2, 0.25) is 0 Å². The molecular weight excluding hydrogens is 693 g/mol. The molecule has 0 aliphatic rings. The summed E-state index contributed by atoms with van der Waals surface area (Å²) in [5.41, 5.74) is 10.9. The monoisotopic (exact) mass is 726 g/mol. The van der Waals surface area contributed by atoms with E-state index in [1.807, 2.05) is 36.4 Å². The highest BCUT2D eigenvalue weighted by atomic mass is 15.2. The first-order valence-corrected chi connectivity index (χ1v) is 19.3. The average molecular weight is 727 g/mol. The molecular formula is C53H34N4. The van der Waals surface area contributed by atoms with Crippen LogP contribution in [0.3, 0.4) is 0 Å². The number of hydrogen-bond donors (Lipinski definition) is 0. The van der Waals surface area contributed by atoms with Crippen molar-refractivity contribution in [2.75, 3.05) is 0 Å². The quantitative estimate of drug-likeness (QED) is 0.171. The lowest BCUT2D eigenvalue weighted by Gasteiger charge is -2.14. The Morgan fingerprint density at radius 2 is 0.825 bits per heavy atom. The lowest BCUT2D eigenvalue weighted by Crippen LogP contribution is -2.06. The zero-order chi connectivity index (χ0) is 37.7. The molecule has 4 nitrogen and oxygen atoms in total. The van der Waals surface area contributed by atoms with Crippen molar-refractivity contribution in [2.24, 2.45) is 0 Å². The first-order chi connectivity index (χ1) is 28.3. The Morgan fingerprint density at radius 1 is 0.298 bits per heavy atom. The van der Waals surface area contributed by atoms with Gasteiger partial charge in [-0.25, -0.2) is 4.98 Å². The van der Waals surface area contributed by atoms with Crippen molar-refractivity contribution in [3.05, 3.63) is 206 Å². The van der Waals surface area contributed by atoms with Crippen molar-refractivity contribution >= 4 is 43.4 Å². The van der Waals surface area contributed by atoms with Gasteiger partial charge in [0.25, 0.3) is 0 Å². The zero-order valence-electron chi connectivity index (χ0n) is 30.9. The Kier molecular flexibility index (Phi) is 7.78. The molecule has 0 bridgehead atoms. The molecule has 0 saturated carbocycles. The van der Waals surface area contributed by atoms with Crippen molar-refractivity contribution in [1.29, 1.82) is 0 Å². The predicted octanol–water partition coefficient (Wildman–Crippen LogP) is 13.6. The van der Waals surface area contributed by atoms with Crippen molar-refractivity contribution < 1.29 is 0 Å². The third-order valence-corrected chi connectivity index (χ3v) is 11.1. The molecule has 0 aliphatic heterocycles. The molecule has 2 aromatic heterocycles. The maximum absolute atomic E-state index is 5.27. The smallest absolute Gasteiger partial charge is 0.238 e. The average Bonchev–Trinajstić information content (AvgIpc) is 3.63. The van der Waals surface area contributed by atoms with E-state index in [0.717, 1.165) is 49.8 Å². The fourth-order valence-electron chi connectivity index (χ4n) is 8.35. The summed E-state index contributed by atoms with van der Waals surface area (Å²) in [6, 6.07) is 72.9. The molecule has 2 heterocycles. The molecule has 0 N–H and O–H groups in total. The van der Waals surface area contributed by atoms with E-state index in [-0.39, 0.29) is 0 Å². The van der Waals surface area contributed by atoms with Crippen LogP contribution in [0.5, 0.6) is 0 Å². The molecule has 0 radical (unpaired) electrons. The molecule has 9 aromatic carbocycles. The minimum atomic E-state index is 0.570. The zero-order valence-corrected chi connectivity index (χ0v) is 30.9. The van der Waals surface area contributed by atoms with Gasteiger partial charge in [0.2, 0.25) is 5.95 Å². The van der Waals surface area contributed by atoms with Gasteiger partial charge in [0.05, 0.1) is 11.0 Å². The molecule has 266 valence electrons. The third kappa shape index (κ3) is 5.66. The van der Waals surface area contributed by atoms with Crippen LogP contribution in [0.15, 0.2) is 206 Å². The summed E-state index contributed by atoms with van der Waals surface area (Å²) < 4.78 is 2.25. The minimum absolute atomic E-state index is 0.570. The molecule has 57 heavy (non-hydrogen) atoms. The lowest BCUT2D eigenvalue weighted by atomic mass is 9.92. The highest BCUT2D eigenvalue weighted by Crippen LogP contribution is 2.43. The van der Waals surface area contributed by atoms with Crippen molar-refractivity contribution in [1.82, 2.24) is 19.5 Å². The number of hydrogen-bond acceptors (Lipinski definition) is 3. The van der Waals surface area contributed by atoms with Gasteiger partial charge in [-0.2, -0.15) is 9.97 Å². The summed E-state index contributed by atoms with van der Waals surface area (Å²) in [6.07, 6.45) is 0. The first kappa shape index (κ1) is 32.7. The lowest BCUT2D eigenvalue weighted by molar-refractivity contribution is 0.954. The first-order valence-electron chi connectivity index (χ1n) is 19.3. The number of rotatable bonds is 6. The molecule has 0 aliphatic carbocycles. The van der Waals surface area contributed by atoms with E-state index in [0.29, 0.717) is 17.6 Å². The van der Waals surface area contributed by atoms with Crippen LogP contribution < -0.4 is 0 Å². The number of nitrogens with zero attached hydrogens (tertiary/aromatic N) is 4. The second-order valence-electron chi connectivity index (χ2n) is 14.4. The number of benzene rings is 9. The maximum Gasteiger partial charge on any atom is 0.238 e. The van der Waals surface area contributed by atoms with Crippen LogP contribution in [0.25, 0.3) is 105 Å². The standard InChI is InChI=1S/C53H34N4/c1-4-15-35(16-5-1)41-31-32-46-48(33-41)57(53-55-51(39-18-6-2-7-19-39)54-52(56-53)40-20-8-3-9-21-40)49-34-47(44-24-12-13-25-45(44)50(46)49)38-29-27-37(28-30-38)43-26-14-22-36-17-10-11-23-42(36)43/h1-34H.